The third-order valence-electron chi connectivity index (χ3n) is 6.06. The Hall–Kier alpha value is -2.65. The van der Waals surface area contributed by atoms with Gasteiger partial charge in [0, 0.05) is 7.11 Å². The molecule has 0 radical (unpaired) electrons. The summed E-state index contributed by atoms with van der Waals surface area (Å²) in [6.07, 6.45) is 2.41. The summed E-state index contributed by atoms with van der Waals surface area (Å²) in [4.78, 5) is 11.8. The van der Waals surface area contributed by atoms with Crippen LogP contribution in [-0.4, -0.2) is 77.6 Å². The predicted molar refractivity (Wildman–Crippen MR) is 151 cm³/mol. The molecule has 3 atom stereocenters. The van der Waals surface area contributed by atoms with Crippen molar-refractivity contribution in [2.75, 3.05) is 53.4 Å². The van der Waals surface area contributed by atoms with Gasteiger partial charge in [-0.1, -0.05) is 24.6 Å². The quantitative estimate of drug-likeness (QED) is 0.147. The Balaban J connectivity index is 1.72. The van der Waals surface area contributed by atoms with E-state index in [1.165, 1.54) is 5.56 Å². The number of hydrogen-bond donors (Lipinski definition) is 0. The maximum Gasteiger partial charge on any atom is 0.338 e. The molecular formula is C31H46O8. The molecule has 2 rings (SSSR count). The molecule has 0 aromatic heterocycles. The zero-order valence-corrected chi connectivity index (χ0v) is 24.2. The molecule has 218 valence electrons. The lowest BCUT2D eigenvalue weighted by molar-refractivity contribution is -0.0601. The van der Waals surface area contributed by atoms with Crippen LogP contribution in [0.25, 0.3) is 0 Å². The van der Waals surface area contributed by atoms with E-state index in [0.717, 1.165) is 25.0 Å². The molecule has 0 aliphatic carbocycles. The standard InChI is InChI=1S/C31H46O8/c1-6-27(36-20-21-38-28-12-8-24(3)9-13-28)23-30(39-17-16-33-5)22-25(4)35-18-19-37-29-14-10-26(11-15-29)31(32)34-7-2/h8-15,25,27,30H,6-7,16-23H2,1-5H3. The van der Waals surface area contributed by atoms with Gasteiger partial charge >= 0.3 is 5.97 Å². The zero-order valence-electron chi connectivity index (χ0n) is 24.2. The third kappa shape index (κ3) is 13.8. The van der Waals surface area contributed by atoms with Crippen molar-refractivity contribution in [1.29, 1.82) is 0 Å². The molecule has 0 amide bonds. The number of hydrogen-bond acceptors (Lipinski definition) is 8. The van der Waals surface area contributed by atoms with Crippen molar-refractivity contribution in [3.8, 4) is 11.5 Å². The first kappa shape index (κ1) is 32.6. The average molecular weight is 547 g/mol. The van der Waals surface area contributed by atoms with E-state index >= 15 is 0 Å². The molecule has 8 heteroatoms. The van der Waals surface area contributed by atoms with E-state index in [2.05, 4.69) is 13.8 Å². The number of methoxy groups -OCH3 is 1. The zero-order chi connectivity index (χ0) is 28.3. The molecule has 39 heavy (non-hydrogen) atoms. The van der Waals surface area contributed by atoms with Crippen molar-refractivity contribution in [2.24, 2.45) is 0 Å². The SMILES string of the molecule is CCOC(=O)c1ccc(OCCOC(C)CC(CC(CC)OCCOc2ccc(C)cc2)OCCOC)cc1. The molecule has 0 aliphatic rings. The molecule has 0 saturated heterocycles. The van der Waals surface area contributed by atoms with Gasteiger partial charge in [-0.25, -0.2) is 4.79 Å². The molecule has 0 heterocycles. The average Bonchev–Trinajstić information content (AvgIpc) is 2.94. The van der Waals surface area contributed by atoms with Crippen LogP contribution in [0.4, 0.5) is 0 Å². The van der Waals surface area contributed by atoms with Crippen LogP contribution in [0.5, 0.6) is 11.5 Å². The van der Waals surface area contributed by atoms with E-state index in [1.54, 1.807) is 38.3 Å². The number of ether oxygens (including phenoxy) is 7. The summed E-state index contributed by atoms with van der Waals surface area (Å²) in [5, 5.41) is 0. The van der Waals surface area contributed by atoms with E-state index < -0.39 is 0 Å². The first-order valence-corrected chi connectivity index (χ1v) is 13.9. The van der Waals surface area contributed by atoms with E-state index in [-0.39, 0.29) is 24.3 Å². The highest BCUT2D eigenvalue weighted by molar-refractivity contribution is 5.89. The molecule has 2 aromatic rings. The number of rotatable bonds is 21. The molecule has 2 aromatic carbocycles. The summed E-state index contributed by atoms with van der Waals surface area (Å²) in [6.45, 7) is 11.3. The van der Waals surface area contributed by atoms with E-state index in [9.17, 15) is 4.79 Å². The van der Waals surface area contributed by atoms with Crippen LogP contribution >= 0.6 is 0 Å². The maximum atomic E-state index is 11.8. The Bertz CT molecular complexity index is 900. The number of aryl methyl sites for hydroxylation is 1. The van der Waals surface area contributed by atoms with E-state index in [1.807, 2.05) is 31.2 Å². The summed E-state index contributed by atoms with van der Waals surface area (Å²) >= 11 is 0. The molecule has 0 aliphatic heterocycles. The lowest BCUT2D eigenvalue weighted by Crippen LogP contribution is -2.29. The Labute approximate surface area is 233 Å². The van der Waals surface area contributed by atoms with Gasteiger partial charge < -0.3 is 33.2 Å². The van der Waals surface area contributed by atoms with Crippen molar-refractivity contribution >= 4 is 5.97 Å². The first-order chi connectivity index (χ1) is 18.9. The summed E-state index contributed by atoms with van der Waals surface area (Å²) in [7, 11) is 1.67. The molecule has 0 saturated carbocycles. The van der Waals surface area contributed by atoms with Crippen LogP contribution in [0.1, 0.15) is 56.0 Å². The fourth-order valence-corrected chi connectivity index (χ4v) is 3.93. The number of esters is 1. The Kier molecular flexibility index (Phi) is 16.2. The van der Waals surface area contributed by atoms with Crippen molar-refractivity contribution in [3.05, 3.63) is 59.7 Å². The van der Waals surface area contributed by atoms with Gasteiger partial charge in [0.15, 0.2) is 0 Å². The second kappa shape index (κ2) is 19.4. The molecule has 0 spiro atoms. The highest BCUT2D eigenvalue weighted by atomic mass is 16.5. The van der Waals surface area contributed by atoms with Crippen LogP contribution in [0.15, 0.2) is 48.5 Å². The fraction of sp³-hybridized carbons (Fsp3) is 0.581. The Morgan fingerprint density at radius 2 is 1.28 bits per heavy atom. The van der Waals surface area contributed by atoms with Gasteiger partial charge in [0.25, 0.3) is 0 Å². The van der Waals surface area contributed by atoms with Crippen LogP contribution in [-0.2, 0) is 23.7 Å². The van der Waals surface area contributed by atoms with Gasteiger partial charge in [0.1, 0.15) is 24.7 Å². The largest absolute Gasteiger partial charge is 0.491 e. The topological polar surface area (TPSA) is 81.7 Å². The first-order valence-electron chi connectivity index (χ1n) is 13.9. The highest BCUT2D eigenvalue weighted by Gasteiger charge is 2.20. The van der Waals surface area contributed by atoms with Crippen molar-refractivity contribution < 1.29 is 38.0 Å². The normalized spacial score (nSPS) is 13.5. The smallest absolute Gasteiger partial charge is 0.338 e. The number of carbonyl (C=O) groups excluding carboxylic acids is 1. The molecule has 0 fully saturated rings. The van der Waals surface area contributed by atoms with Gasteiger partial charge in [-0.05, 0) is 76.4 Å². The minimum Gasteiger partial charge on any atom is -0.491 e. The van der Waals surface area contributed by atoms with Gasteiger partial charge in [0.2, 0.25) is 0 Å². The fourth-order valence-electron chi connectivity index (χ4n) is 3.93. The summed E-state index contributed by atoms with van der Waals surface area (Å²) in [6, 6.07) is 14.9. The van der Waals surface area contributed by atoms with Crippen LogP contribution in [0.3, 0.4) is 0 Å². The molecular weight excluding hydrogens is 500 g/mol. The molecule has 0 N–H and O–H groups in total. The monoisotopic (exact) mass is 546 g/mol. The van der Waals surface area contributed by atoms with Gasteiger partial charge in [0.05, 0.1) is 56.9 Å². The summed E-state index contributed by atoms with van der Waals surface area (Å²) in [5.41, 5.74) is 1.71. The lowest BCUT2D eigenvalue weighted by atomic mass is 10.0. The Morgan fingerprint density at radius 1 is 0.718 bits per heavy atom. The van der Waals surface area contributed by atoms with Gasteiger partial charge in [-0.15, -0.1) is 0 Å². The molecule has 0 bridgehead atoms. The number of benzene rings is 2. The second-order valence-electron chi connectivity index (χ2n) is 9.29. The summed E-state index contributed by atoms with van der Waals surface area (Å²) < 4.78 is 39.9. The van der Waals surface area contributed by atoms with Crippen LogP contribution in [0, 0.1) is 6.92 Å². The molecule has 8 nitrogen and oxygen atoms in total. The van der Waals surface area contributed by atoms with Crippen LogP contribution < -0.4 is 9.47 Å². The minimum atomic E-state index is -0.338. The minimum absolute atomic E-state index is 0.0188. The van der Waals surface area contributed by atoms with E-state index in [4.69, 9.17) is 33.2 Å². The molecule has 3 unspecified atom stereocenters. The van der Waals surface area contributed by atoms with Crippen molar-refractivity contribution in [1.82, 2.24) is 0 Å². The maximum absolute atomic E-state index is 11.8. The predicted octanol–water partition coefficient (Wildman–Crippen LogP) is 5.64. The lowest BCUT2D eigenvalue weighted by Gasteiger charge is -2.26. The number of carbonyl (C=O) groups is 1. The van der Waals surface area contributed by atoms with E-state index in [0.29, 0.717) is 57.6 Å². The van der Waals surface area contributed by atoms with Gasteiger partial charge in [-0.2, -0.15) is 0 Å². The highest BCUT2D eigenvalue weighted by Crippen LogP contribution is 2.18. The van der Waals surface area contributed by atoms with Crippen LogP contribution in [0.2, 0.25) is 0 Å². The van der Waals surface area contributed by atoms with Gasteiger partial charge in [-0.3, -0.25) is 0 Å². The second-order valence-corrected chi connectivity index (χ2v) is 9.29. The summed E-state index contributed by atoms with van der Waals surface area (Å²) in [5.74, 6) is 1.19. The van der Waals surface area contributed by atoms with Crippen molar-refractivity contribution in [3.63, 3.8) is 0 Å². The third-order valence-corrected chi connectivity index (χ3v) is 6.06. The Morgan fingerprint density at radius 3 is 1.87 bits per heavy atom. The van der Waals surface area contributed by atoms with Crippen molar-refractivity contribution in [2.45, 2.75) is 65.3 Å².